The predicted molar refractivity (Wildman–Crippen MR) is 101 cm³/mol. The van der Waals surface area contributed by atoms with Crippen molar-refractivity contribution in [3.63, 3.8) is 0 Å². The van der Waals surface area contributed by atoms with Gasteiger partial charge in [-0.2, -0.15) is 4.98 Å². The zero-order chi connectivity index (χ0) is 17.9. The third-order valence-corrected chi connectivity index (χ3v) is 4.00. The van der Waals surface area contributed by atoms with Crippen LogP contribution in [0.15, 0.2) is 36.5 Å². The Morgan fingerprint density at radius 2 is 2.08 bits per heavy atom. The van der Waals surface area contributed by atoms with Crippen LogP contribution >= 0.6 is 0 Å². The lowest BCUT2D eigenvalue weighted by atomic mass is 10.1. The molecule has 0 aliphatic carbocycles. The second-order valence-corrected chi connectivity index (χ2v) is 6.10. The van der Waals surface area contributed by atoms with Gasteiger partial charge in [0.1, 0.15) is 0 Å². The summed E-state index contributed by atoms with van der Waals surface area (Å²) in [4.78, 5) is 8.24. The van der Waals surface area contributed by atoms with Gasteiger partial charge in [0.05, 0.1) is 12.8 Å². The van der Waals surface area contributed by atoms with Gasteiger partial charge in [0.15, 0.2) is 11.6 Å². The number of hydrogen-bond donors (Lipinski definition) is 3. The van der Waals surface area contributed by atoms with Gasteiger partial charge in [-0.3, -0.25) is 0 Å². The molecule has 6 nitrogen and oxygen atoms in total. The topological polar surface area (TPSA) is 93.3 Å². The van der Waals surface area contributed by atoms with Crippen molar-refractivity contribution in [2.45, 2.75) is 32.6 Å². The number of aryl methyl sites for hydroxylation is 1. The highest BCUT2D eigenvalue weighted by atomic mass is 16.5. The van der Waals surface area contributed by atoms with Crippen LogP contribution in [-0.4, -0.2) is 34.8 Å². The van der Waals surface area contributed by atoms with E-state index in [2.05, 4.69) is 34.3 Å². The van der Waals surface area contributed by atoms with Crippen LogP contribution in [0.4, 0.5) is 11.8 Å². The Balaban J connectivity index is 1.86. The van der Waals surface area contributed by atoms with Crippen LogP contribution in [0.2, 0.25) is 0 Å². The number of rotatable bonds is 11. The van der Waals surface area contributed by atoms with Crippen molar-refractivity contribution < 1.29 is 9.84 Å². The van der Waals surface area contributed by atoms with E-state index >= 15 is 0 Å². The van der Waals surface area contributed by atoms with E-state index in [1.165, 1.54) is 5.56 Å². The number of aliphatic hydroxyl groups is 1. The first-order chi connectivity index (χ1) is 12.2. The fourth-order valence-electron chi connectivity index (χ4n) is 2.63. The predicted octanol–water partition coefficient (Wildman–Crippen LogP) is 2.89. The summed E-state index contributed by atoms with van der Waals surface area (Å²) in [5.41, 5.74) is 6.98. The van der Waals surface area contributed by atoms with E-state index in [1.54, 1.807) is 6.20 Å². The van der Waals surface area contributed by atoms with Gasteiger partial charge in [0.2, 0.25) is 5.95 Å². The number of anilines is 2. The van der Waals surface area contributed by atoms with Gasteiger partial charge in [0, 0.05) is 13.2 Å². The number of ether oxygens (including phenoxy) is 1. The number of nitrogens with two attached hydrogens (primary N) is 1. The number of benzene rings is 1. The molecule has 0 bridgehead atoms. The van der Waals surface area contributed by atoms with E-state index in [9.17, 15) is 5.11 Å². The molecule has 0 aliphatic rings. The van der Waals surface area contributed by atoms with Gasteiger partial charge in [-0.1, -0.05) is 43.7 Å². The minimum atomic E-state index is 0.147. The van der Waals surface area contributed by atoms with E-state index in [4.69, 9.17) is 10.5 Å². The van der Waals surface area contributed by atoms with Crippen molar-refractivity contribution in [2.24, 2.45) is 5.92 Å². The lowest BCUT2D eigenvalue weighted by Gasteiger charge is -2.16. The van der Waals surface area contributed by atoms with Gasteiger partial charge in [0.25, 0.3) is 0 Å². The number of nitrogens with zero attached hydrogens (tertiary/aromatic N) is 2. The van der Waals surface area contributed by atoms with Crippen LogP contribution in [0.25, 0.3) is 0 Å². The van der Waals surface area contributed by atoms with Crippen LogP contribution in [-0.2, 0) is 6.42 Å². The summed E-state index contributed by atoms with van der Waals surface area (Å²) in [7, 11) is 0. The van der Waals surface area contributed by atoms with Gasteiger partial charge in [-0.05, 0) is 30.7 Å². The summed E-state index contributed by atoms with van der Waals surface area (Å²) in [6, 6.07) is 10.3. The van der Waals surface area contributed by atoms with Crippen molar-refractivity contribution in [3.05, 3.63) is 42.1 Å². The van der Waals surface area contributed by atoms with Crippen LogP contribution in [0.1, 0.15) is 31.7 Å². The molecule has 0 saturated carbocycles. The van der Waals surface area contributed by atoms with Crippen molar-refractivity contribution in [3.8, 4) is 5.75 Å². The quantitative estimate of drug-likeness (QED) is 0.543. The number of aromatic nitrogens is 2. The number of hydrogen-bond acceptors (Lipinski definition) is 6. The molecule has 0 amide bonds. The molecule has 0 aliphatic heterocycles. The van der Waals surface area contributed by atoms with E-state index in [-0.39, 0.29) is 18.5 Å². The molecule has 25 heavy (non-hydrogen) atoms. The van der Waals surface area contributed by atoms with E-state index in [1.807, 2.05) is 18.2 Å². The summed E-state index contributed by atoms with van der Waals surface area (Å²) < 4.78 is 5.83. The largest absolute Gasteiger partial charge is 0.488 e. The summed E-state index contributed by atoms with van der Waals surface area (Å²) in [5, 5.41) is 12.6. The molecule has 0 saturated heterocycles. The Bertz CT molecular complexity index is 622. The molecule has 136 valence electrons. The molecular weight excluding hydrogens is 316 g/mol. The first-order valence-corrected chi connectivity index (χ1v) is 8.87. The maximum absolute atomic E-state index is 9.41. The maximum Gasteiger partial charge on any atom is 0.222 e. The monoisotopic (exact) mass is 344 g/mol. The molecule has 0 unspecified atom stereocenters. The summed E-state index contributed by atoms with van der Waals surface area (Å²) in [6.45, 7) is 3.46. The van der Waals surface area contributed by atoms with E-state index in [0.717, 1.165) is 25.7 Å². The Morgan fingerprint density at radius 3 is 2.80 bits per heavy atom. The SMILES string of the molecule is CCC[C@@H](CO)CNc1nc(N)ncc1OCCCc1ccccc1. The number of aliphatic hydroxyl groups excluding tert-OH is 1. The molecule has 1 heterocycles. The van der Waals surface area contributed by atoms with Gasteiger partial charge >= 0.3 is 0 Å². The molecule has 1 aromatic heterocycles. The summed E-state index contributed by atoms with van der Waals surface area (Å²) >= 11 is 0. The third kappa shape index (κ3) is 6.58. The molecule has 1 atom stereocenters. The third-order valence-electron chi connectivity index (χ3n) is 4.00. The van der Waals surface area contributed by atoms with E-state index in [0.29, 0.717) is 24.7 Å². The van der Waals surface area contributed by atoms with E-state index < -0.39 is 0 Å². The summed E-state index contributed by atoms with van der Waals surface area (Å²) in [5.74, 6) is 1.57. The second-order valence-electron chi connectivity index (χ2n) is 6.10. The zero-order valence-corrected chi connectivity index (χ0v) is 14.8. The molecule has 0 radical (unpaired) electrons. The Kier molecular flexibility index (Phi) is 7.98. The number of nitrogens with one attached hydrogen (secondary N) is 1. The average molecular weight is 344 g/mol. The summed E-state index contributed by atoms with van der Waals surface area (Å²) in [6.07, 6.45) is 5.45. The zero-order valence-electron chi connectivity index (χ0n) is 14.8. The van der Waals surface area contributed by atoms with Crippen molar-refractivity contribution in [1.82, 2.24) is 9.97 Å². The normalized spacial score (nSPS) is 11.9. The molecule has 2 aromatic rings. The second kappa shape index (κ2) is 10.5. The molecular formula is C19H28N4O2. The van der Waals surface area contributed by atoms with Gasteiger partial charge in [-0.25, -0.2) is 4.98 Å². The van der Waals surface area contributed by atoms with Crippen LogP contribution < -0.4 is 15.8 Å². The Hall–Kier alpha value is -2.34. The average Bonchev–Trinajstić information content (AvgIpc) is 2.64. The maximum atomic E-state index is 9.41. The first kappa shape index (κ1) is 19.0. The highest BCUT2D eigenvalue weighted by Gasteiger charge is 2.11. The lowest BCUT2D eigenvalue weighted by Crippen LogP contribution is -2.19. The smallest absolute Gasteiger partial charge is 0.222 e. The fraction of sp³-hybridized carbons (Fsp3) is 0.474. The van der Waals surface area contributed by atoms with Gasteiger partial charge < -0.3 is 20.9 Å². The Morgan fingerprint density at radius 1 is 1.28 bits per heavy atom. The van der Waals surface area contributed by atoms with Crippen molar-refractivity contribution in [1.29, 1.82) is 0 Å². The molecule has 1 aromatic carbocycles. The minimum Gasteiger partial charge on any atom is -0.488 e. The number of nitrogen functional groups attached to an aromatic ring is 1. The van der Waals surface area contributed by atoms with Crippen LogP contribution in [0, 0.1) is 5.92 Å². The molecule has 4 N–H and O–H groups in total. The van der Waals surface area contributed by atoms with Crippen LogP contribution in [0.5, 0.6) is 5.75 Å². The molecule has 2 rings (SSSR count). The Labute approximate surface area is 149 Å². The van der Waals surface area contributed by atoms with Crippen LogP contribution in [0.3, 0.4) is 0 Å². The van der Waals surface area contributed by atoms with Crippen molar-refractivity contribution >= 4 is 11.8 Å². The van der Waals surface area contributed by atoms with Crippen molar-refractivity contribution in [2.75, 3.05) is 30.8 Å². The fourth-order valence-corrected chi connectivity index (χ4v) is 2.63. The van der Waals surface area contributed by atoms with Gasteiger partial charge in [-0.15, -0.1) is 0 Å². The highest BCUT2D eigenvalue weighted by molar-refractivity contribution is 5.51. The first-order valence-electron chi connectivity index (χ1n) is 8.87. The molecule has 6 heteroatoms. The standard InChI is InChI=1S/C19H28N4O2/c1-2-7-16(14-24)12-21-18-17(13-22-19(20)23-18)25-11-6-10-15-8-4-3-5-9-15/h3-5,8-9,13,16,24H,2,6-7,10-12,14H2,1H3,(H3,20,21,22,23)/t16-/m1/s1. The highest BCUT2D eigenvalue weighted by Crippen LogP contribution is 2.22. The minimum absolute atomic E-state index is 0.147. The molecule has 0 spiro atoms. The molecule has 0 fully saturated rings. The lowest BCUT2D eigenvalue weighted by molar-refractivity contribution is 0.225.